The number of pyridine rings is 1. The first-order valence-electron chi connectivity index (χ1n) is 11.4. The van der Waals surface area contributed by atoms with Crippen molar-refractivity contribution >= 4 is 11.4 Å². The number of likely N-dealkylation sites (tertiary alicyclic amines) is 2. The van der Waals surface area contributed by atoms with E-state index in [9.17, 15) is 4.79 Å². The lowest BCUT2D eigenvalue weighted by molar-refractivity contribution is 0.0646. The average Bonchev–Trinajstić information content (AvgIpc) is 3.57. The Kier molecular flexibility index (Phi) is 5.78. The highest BCUT2D eigenvalue weighted by atomic mass is 16.5. The van der Waals surface area contributed by atoms with Crippen LogP contribution >= 0.6 is 0 Å². The molecule has 0 radical (unpaired) electrons. The molecule has 0 saturated carbocycles. The summed E-state index contributed by atoms with van der Waals surface area (Å²) in [5, 5.41) is 4.69. The van der Waals surface area contributed by atoms with E-state index in [-0.39, 0.29) is 5.91 Å². The molecule has 0 atom stereocenters. The number of hydrogen-bond donors (Lipinski definition) is 0. The van der Waals surface area contributed by atoms with Gasteiger partial charge in [-0.3, -0.25) is 9.48 Å². The SMILES string of the molecule is COCCn1ccc(-c2cc(C(=O)N3CCC(N4CCCC4)CC3)c3ccccn23)n1. The van der Waals surface area contributed by atoms with E-state index in [1.807, 2.05) is 52.3 Å². The van der Waals surface area contributed by atoms with Gasteiger partial charge in [0.15, 0.2) is 0 Å². The number of carbonyl (C=O) groups is 1. The highest BCUT2D eigenvalue weighted by molar-refractivity contribution is 6.02. The largest absolute Gasteiger partial charge is 0.383 e. The van der Waals surface area contributed by atoms with E-state index in [0.29, 0.717) is 19.2 Å². The number of methoxy groups -OCH3 is 1. The van der Waals surface area contributed by atoms with Crippen LogP contribution in [0.25, 0.3) is 16.9 Å². The third-order valence-corrected chi connectivity index (χ3v) is 6.74. The maximum Gasteiger partial charge on any atom is 0.256 e. The lowest BCUT2D eigenvalue weighted by atomic mass is 10.0. The van der Waals surface area contributed by atoms with E-state index in [2.05, 4.69) is 9.30 Å². The number of aromatic nitrogens is 3. The van der Waals surface area contributed by atoms with Gasteiger partial charge in [0.1, 0.15) is 5.69 Å². The number of rotatable bonds is 6. The Morgan fingerprint density at radius 1 is 1.10 bits per heavy atom. The van der Waals surface area contributed by atoms with Gasteiger partial charge in [0, 0.05) is 38.6 Å². The van der Waals surface area contributed by atoms with Crippen molar-refractivity contribution in [1.82, 2.24) is 24.0 Å². The Hall–Kier alpha value is -2.64. The Morgan fingerprint density at radius 3 is 2.68 bits per heavy atom. The summed E-state index contributed by atoms with van der Waals surface area (Å²) < 4.78 is 9.11. The van der Waals surface area contributed by atoms with Gasteiger partial charge in [-0.1, -0.05) is 6.07 Å². The van der Waals surface area contributed by atoms with E-state index < -0.39 is 0 Å². The van der Waals surface area contributed by atoms with Crippen molar-refractivity contribution in [2.75, 3.05) is 39.9 Å². The lowest BCUT2D eigenvalue weighted by Gasteiger charge is -2.36. The van der Waals surface area contributed by atoms with Gasteiger partial charge in [0.2, 0.25) is 0 Å². The maximum atomic E-state index is 13.5. The summed E-state index contributed by atoms with van der Waals surface area (Å²) in [7, 11) is 1.69. The van der Waals surface area contributed by atoms with Gasteiger partial charge in [-0.05, 0) is 63.0 Å². The molecule has 0 aromatic carbocycles. The topological polar surface area (TPSA) is 55.0 Å². The molecule has 5 heterocycles. The molecular formula is C24H31N5O2. The molecule has 0 spiro atoms. The normalized spacial score (nSPS) is 18.3. The van der Waals surface area contributed by atoms with Crippen LogP contribution in [0.15, 0.2) is 42.7 Å². The zero-order valence-corrected chi connectivity index (χ0v) is 18.2. The first-order chi connectivity index (χ1) is 15.2. The van der Waals surface area contributed by atoms with Crippen LogP contribution in [0.3, 0.4) is 0 Å². The standard InChI is InChI=1S/C24H31N5O2/c1-31-17-16-28-15-9-21(25-28)23-18-20(22-6-2-3-12-29(22)23)24(30)27-13-7-19(8-14-27)26-10-4-5-11-26/h2-3,6,9,12,15,18-19H,4-5,7-8,10-11,13-14,16-17H2,1H3. The molecule has 7 nitrogen and oxygen atoms in total. The molecule has 7 heteroatoms. The Bertz CT molecular complexity index is 1040. The van der Waals surface area contributed by atoms with Crippen LogP contribution < -0.4 is 0 Å². The first-order valence-corrected chi connectivity index (χ1v) is 11.4. The number of fused-ring (bicyclic) bond motifs is 1. The summed E-state index contributed by atoms with van der Waals surface area (Å²) in [5.74, 6) is 0.133. The number of hydrogen-bond acceptors (Lipinski definition) is 4. The van der Waals surface area contributed by atoms with E-state index >= 15 is 0 Å². The molecule has 164 valence electrons. The molecule has 0 aliphatic carbocycles. The summed E-state index contributed by atoms with van der Waals surface area (Å²) in [6.07, 6.45) is 8.76. The Morgan fingerprint density at radius 2 is 1.90 bits per heavy atom. The smallest absolute Gasteiger partial charge is 0.256 e. The maximum absolute atomic E-state index is 13.5. The van der Waals surface area contributed by atoms with E-state index in [4.69, 9.17) is 9.84 Å². The number of carbonyl (C=O) groups excluding carboxylic acids is 1. The van der Waals surface area contributed by atoms with Gasteiger partial charge in [-0.25, -0.2) is 0 Å². The third kappa shape index (κ3) is 4.00. The van der Waals surface area contributed by atoms with Crippen LogP contribution in [0.5, 0.6) is 0 Å². The number of ether oxygens (including phenoxy) is 1. The molecular weight excluding hydrogens is 390 g/mol. The summed E-state index contributed by atoms with van der Waals surface area (Å²) >= 11 is 0. The third-order valence-electron chi connectivity index (χ3n) is 6.74. The van der Waals surface area contributed by atoms with Crippen LogP contribution in [0.1, 0.15) is 36.0 Å². The van der Waals surface area contributed by atoms with Crippen molar-refractivity contribution in [3.63, 3.8) is 0 Å². The van der Waals surface area contributed by atoms with Gasteiger partial charge < -0.3 is 18.9 Å². The fraction of sp³-hybridized carbons (Fsp3) is 0.500. The van der Waals surface area contributed by atoms with Gasteiger partial charge >= 0.3 is 0 Å². The molecule has 2 fully saturated rings. The molecule has 0 unspecified atom stereocenters. The first kappa shape index (κ1) is 20.3. The molecule has 0 bridgehead atoms. The molecule has 2 aliphatic heterocycles. The molecule has 2 saturated heterocycles. The molecule has 5 rings (SSSR count). The van der Waals surface area contributed by atoms with Crippen LogP contribution in [0.2, 0.25) is 0 Å². The fourth-order valence-corrected chi connectivity index (χ4v) is 5.04. The van der Waals surface area contributed by atoms with Gasteiger partial charge in [0.05, 0.1) is 29.9 Å². The highest BCUT2D eigenvalue weighted by Gasteiger charge is 2.30. The van der Waals surface area contributed by atoms with Gasteiger partial charge in [-0.15, -0.1) is 0 Å². The Balaban J connectivity index is 1.37. The molecule has 0 N–H and O–H groups in total. The van der Waals surface area contributed by atoms with Crippen molar-refractivity contribution < 1.29 is 9.53 Å². The van der Waals surface area contributed by atoms with Crippen LogP contribution in [0.4, 0.5) is 0 Å². The van der Waals surface area contributed by atoms with Crippen molar-refractivity contribution in [2.45, 2.75) is 38.3 Å². The summed E-state index contributed by atoms with van der Waals surface area (Å²) in [6.45, 7) is 5.45. The molecule has 2 aliphatic rings. The van der Waals surface area contributed by atoms with Crippen molar-refractivity contribution in [2.24, 2.45) is 0 Å². The Labute approximate surface area is 183 Å². The predicted octanol–water partition coefficient (Wildman–Crippen LogP) is 3.15. The monoisotopic (exact) mass is 421 g/mol. The van der Waals surface area contributed by atoms with Crippen molar-refractivity contribution in [1.29, 1.82) is 0 Å². The minimum absolute atomic E-state index is 0.133. The minimum atomic E-state index is 0.133. The van der Waals surface area contributed by atoms with Gasteiger partial charge in [-0.2, -0.15) is 5.10 Å². The zero-order chi connectivity index (χ0) is 21.2. The molecule has 31 heavy (non-hydrogen) atoms. The molecule has 1 amide bonds. The second-order valence-corrected chi connectivity index (χ2v) is 8.62. The second-order valence-electron chi connectivity index (χ2n) is 8.62. The highest BCUT2D eigenvalue weighted by Crippen LogP contribution is 2.28. The summed E-state index contributed by atoms with van der Waals surface area (Å²) in [5.41, 5.74) is 3.52. The average molecular weight is 422 g/mol. The van der Waals surface area contributed by atoms with E-state index in [1.165, 1.54) is 25.9 Å². The minimum Gasteiger partial charge on any atom is -0.383 e. The van der Waals surface area contributed by atoms with Crippen molar-refractivity contribution in [3.05, 3.63) is 48.3 Å². The number of amides is 1. The fourth-order valence-electron chi connectivity index (χ4n) is 5.04. The van der Waals surface area contributed by atoms with Crippen LogP contribution in [0, 0.1) is 0 Å². The number of nitrogens with zero attached hydrogens (tertiary/aromatic N) is 5. The summed E-state index contributed by atoms with van der Waals surface area (Å²) in [4.78, 5) is 18.1. The summed E-state index contributed by atoms with van der Waals surface area (Å²) in [6, 6.07) is 10.7. The predicted molar refractivity (Wildman–Crippen MR) is 120 cm³/mol. The van der Waals surface area contributed by atoms with E-state index in [1.54, 1.807) is 7.11 Å². The van der Waals surface area contributed by atoms with Gasteiger partial charge in [0.25, 0.3) is 5.91 Å². The second kappa shape index (κ2) is 8.85. The molecule has 3 aromatic rings. The quantitative estimate of drug-likeness (QED) is 0.614. The van der Waals surface area contributed by atoms with Crippen molar-refractivity contribution in [3.8, 4) is 11.4 Å². The van der Waals surface area contributed by atoms with E-state index in [0.717, 1.165) is 48.4 Å². The molecule has 3 aromatic heterocycles. The lowest BCUT2D eigenvalue weighted by Crippen LogP contribution is -2.45. The zero-order valence-electron chi connectivity index (χ0n) is 18.2. The van der Waals surface area contributed by atoms with Crippen LogP contribution in [-0.2, 0) is 11.3 Å². The number of piperidine rings is 1. The van der Waals surface area contributed by atoms with Crippen LogP contribution in [-0.4, -0.2) is 75.8 Å².